The lowest BCUT2D eigenvalue weighted by atomic mass is 10.1. The first-order valence-corrected chi connectivity index (χ1v) is 7.47. The maximum Gasteiger partial charge on any atom is 0.134 e. The predicted molar refractivity (Wildman–Crippen MR) is 79.3 cm³/mol. The maximum absolute atomic E-state index is 6.01. The van der Waals surface area contributed by atoms with Crippen LogP contribution in [-0.2, 0) is 0 Å². The summed E-state index contributed by atoms with van der Waals surface area (Å²) >= 11 is 0. The molecule has 0 saturated heterocycles. The summed E-state index contributed by atoms with van der Waals surface area (Å²) in [7, 11) is 0. The standard InChI is InChI=1S/C17H23NO/c1-12-15-9-5-6-10-16(15)19-17(12)13(2)18-11-14-7-3-4-8-14/h5-6,9-10,13-14,18H,3-4,7-8,11H2,1-2H3. The highest BCUT2D eigenvalue weighted by Crippen LogP contribution is 2.30. The summed E-state index contributed by atoms with van der Waals surface area (Å²) in [6.45, 7) is 5.49. The van der Waals surface area contributed by atoms with Crippen molar-refractivity contribution in [2.24, 2.45) is 5.92 Å². The number of nitrogens with one attached hydrogen (secondary N) is 1. The summed E-state index contributed by atoms with van der Waals surface area (Å²) in [6.07, 6.45) is 5.59. The van der Waals surface area contributed by atoms with Gasteiger partial charge in [0.25, 0.3) is 0 Å². The normalized spacial score (nSPS) is 18.2. The zero-order chi connectivity index (χ0) is 13.2. The summed E-state index contributed by atoms with van der Waals surface area (Å²) in [5, 5.41) is 4.89. The highest BCUT2D eigenvalue weighted by atomic mass is 16.3. The van der Waals surface area contributed by atoms with Crippen LogP contribution in [0.3, 0.4) is 0 Å². The average Bonchev–Trinajstić information content (AvgIpc) is 3.05. The molecule has 102 valence electrons. The Morgan fingerprint density at radius 2 is 2.00 bits per heavy atom. The van der Waals surface area contributed by atoms with Crippen LogP contribution in [0.4, 0.5) is 0 Å². The van der Waals surface area contributed by atoms with E-state index < -0.39 is 0 Å². The fourth-order valence-corrected chi connectivity index (χ4v) is 3.26. The van der Waals surface area contributed by atoms with Crippen molar-refractivity contribution >= 4 is 11.0 Å². The van der Waals surface area contributed by atoms with E-state index in [1.807, 2.05) is 6.07 Å². The summed E-state index contributed by atoms with van der Waals surface area (Å²) in [5.74, 6) is 1.96. The van der Waals surface area contributed by atoms with Crippen molar-refractivity contribution in [3.05, 3.63) is 35.6 Å². The first kappa shape index (κ1) is 12.7. The molecular weight excluding hydrogens is 234 g/mol. The van der Waals surface area contributed by atoms with Crippen LogP contribution in [0.25, 0.3) is 11.0 Å². The molecule has 1 fully saturated rings. The summed E-state index contributed by atoms with van der Waals surface area (Å²) in [5.41, 5.74) is 2.28. The molecule has 2 aromatic rings. The molecule has 2 heteroatoms. The highest BCUT2D eigenvalue weighted by molar-refractivity contribution is 5.82. The van der Waals surface area contributed by atoms with E-state index in [1.54, 1.807) is 0 Å². The van der Waals surface area contributed by atoms with Crippen molar-refractivity contribution in [2.75, 3.05) is 6.54 Å². The minimum Gasteiger partial charge on any atom is -0.459 e. The first-order valence-electron chi connectivity index (χ1n) is 7.47. The second kappa shape index (κ2) is 5.38. The van der Waals surface area contributed by atoms with Crippen molar-refractivity contribution in [3.63, 3.8) is 0 Å². The third kappa shape index (κ3) is 2.55. The summed E-state index contributed by atoms with van der Waals surface area (Å²) in [4.78, 5) is 0. The Bertz CT molecular complexity index is 551. The molecular formula is C17H23NO. The second-order valence-electron chi connectivity index (χ2n) is 5.87. The van der Waals surface area contributed by atoms with Crippen LogP contribution in [0.1, 0.15) is 50.0 Å². The quantitative estimate of drug-likeness (QED) is 0.867. The number of rotatable bonds is 4. The van der Waals surface area contributed by atoms with Crippen LogP contribution in [0, 0.1) is 12.8 Å². The largest absolute Gasteiger partial charge is 0.459 e. The van der Waals surface area contributed by atoms with Gasteiger partial charge in [-0.05, 0) is 50.8 Å². The second-order valence-corrected chi connectivity index (χ2v) is 5.87. The van der Waals surface area contributed by atoms with Crippen molar-refractivity contribution in [2.45, 2.75) is 45.6 Å². The lowest BCUT2D eigenvalue weighted by molar-refractivity contribution is 0.405. The summed E-state index contributed by atoms with van der Waals surface area (Å²) in [6, 6.07) is 8.60. The van der Waals surface area contributed by atoms with E-state index in [0.717, 1.165) is 23.8 Å². The Morgan fingerprint density at radius 1 is 1.26 bits per heavy atom. The van der Waals surface area contributed by atoms with Gasteiger partial charge in [-0.25, -0.2) is 0 Å². The fraction of sp³-hybridized carbons (Fsp3) is 0.529. The number of fused-ring (bicyclic) bond motifs is 1. The monoisotopic (exact) mass is 257 g/mol. The number of benzene rings is 1. The predicted octanol–water partition coefficient (Wildman–Crippen LogP) is 4.58. The van der Waals surface area contributed by atoms with Crippen LogP contribution < -0.4 is 5.32 Å². The van der Waals surface area contributed by atoms with E-state index in [4.69, 9.17) is 4.42 Å². The van der Waals surface area contributed by atoms with E-state index in [1.165, 1.54) is 36.6 Å². The summed E-state index contributed by atoms with van der Waals surface area (Å²) < 4.78 is 6.01. The Kier molecular flexibility index (Phi) is 3.61. The number of hydrogen-bond donors (Lipinski definition) is 1. The molecule has 1 heterocycles. The van der Waals surface area contributed by atoms with E-state index in [9.17, 15) is 0 Å². The lowest BCUT2D eigenvalue weighted by Crippen LogP contribution is -2.24. The molecule has 1 atom stereocenters. The smallest absolute Gasteiger partial charge is 0.134 e. The van der Waals surface area contributed by atoms with Gasteiger partial charge in [-0.3, -0.25) is 0 Å². The van der Waals surface area contributed by atoms with Gasteiger partial charge < -0.3 is 9.73 Å². The third-order valence-corrected chi connectivity index (χ3v) is 4.46. The molecule has 0 amide bonds. The molecule has 1 unspecified atom stereocenters. The molecule has 1 N–H and O–H groups in total. The van der Waals surface area contributed by atoms with Crippen molar-refractivity contribution in [1.29, 1.82) is 0 Å². The van der Waals surface area contributed by atoms with Gasteiger partial charge in [0.2, 0.25) is 0 Å². The SMILES string of the molecule is Cc1c(C(C)NCC2CCCC2)oc2ccccc12. The third-order valence-electron chi connectivity index (χ3n) is 4.46. The molecule has 1 saturated carbocycles. The van der Waals surface area contributed by atoms with Gasteiger partial charge >= 0.3 is 0 Å². The number of aryl methyl sites for hydroxylation is 1. The minimum absolute atomic E-state index is 0.299. The molecule has 19 heavy (non-hydrogen) atoms. The van der Waals surface area contributed by atoms with Gasteiger partial charge in [0.05, 0.1) is 6.04 Å². The number of para-hydroxylation sites is 1. The number of hydrogen-bond acceptors (Lipinski definition) is 2. The number of furan rings is 1. The zero-order valence-corrected chi connectivity index (χ0v) is 11.9. The molecule has 1 aliphatic carbocycles. The fourth-order valence-electron chi connectivity index (χ4n) is 3.26. The van der Waals surface area contributed by atoms with Crippen LogP contribution in [-0.4, -0.2) is 6.54 Å². The molecule has 2 nitrogen and oxygen atoms in total. The van der Waals surface area contributed by atoms with Crippen molar-refractivity contribution < 1.29 is 4.42 Å². The molecule has 3 rings (SSSR count). The van der Waals surface area contributed by atoms with Gasteiger partial charge in [-0.1, -0.05) is 31.0 Å². The molecule has 0 aliphatic heterocycles. The molecule has 0 spiro atoms. The maximum atomic E-state index is 6.01. The van der Waals surface area contributed by atoms with Gasteiger partial charge in [0.1, 0.15) is 11.3 Å². The van der Waals surface area contributed by atoms with E-state index in [-0.39, 0.29) is 0 Å². The van der Waals surface area contributed by atoms with Crippen LogP contribution in [0.2, 0.25) is 0 Å². The molecule has 1 aliphatic rings. The molecule has 1 aromatic heterocycles. The zero-order valence-electron chi connectivity index (χ0n) is 11.9. The first-order chi connectivity index (χ1) is 9.25. The van der Waals surface area contributed by atoms with Crippen molar-refractivity contribution in [3.8, 4) is 0 Å². The van der Waals surface area contributed by atoms with Gasteiger partial charge in [0, 0.05) is 5.39 Å². The van der Waals surface area contributed by atoms with Gasteiger partial charge in [-0.2, -0.15) is 0 Å². The Balaban J connectivity index is 1.73. The molecule has 0 bridgehead atoms. The molecule has 1 aromatic carbocycles. The van der Waals surface area contributed by atoms with Gasteiger partial charge in [-0.15, -0.1) is 0 Å². The van der Waals surface area contributed by atoms with E-state index >= 15 is 0 Å². The minimum atomic E-state index is 0.299. The van der Waals surface area contributed by atoms with Gasteiger partial charge in [0.15, 0.2) is 0 Å². The van der Waals surface area contributed by atoms with Crippen LogP contribution in [0.5, 0.6) is 0 Å². The Hall–Kier alpha value is -1.28. The average molecular weight is 257 g/mol. The Labute approximate surface area is 115 Å². The van der Waals surface area contributed by atoms with Crippen LogP contribution in [0.15, 0.2) is 28.7 Å². The lowest BCUT2D eigenvalue weighted by Gasteiger charge is -2.16. The van der Waals surface area contributed by atoms with E-state index in [0.29, 0.717) is 6.04 Å². The Morgan fingerprint density at radius 3 is 2.74 bits per heavy atom. The highest BCUT2D eigenvalue weighted by Gasteiger charge is 2.19. The van der Waals surface area contributed by atoms with E-state index in [2.05, 4.69) is 37.4 Å². The van der Waals surface area contributed by atoms with Crippen molar-refractivity contribution in [1.82, 2.24) is 5.32 Å². The topological polar surface area (TPSA) is 25.2 Å². The van der Waals surface area contributed by atoms with Crippen LogP contribution >= 0.6 is 0 Å². The molecule has 0 radical (unpaired) electrons.